The van der Waals surface area contributed by atoms with Gasteiger partial charge in [0.15, 0.2) is 0 Å². The van der Waals surface area contributed by atoms with Gasteiger partial charge in [-0.05, 0) is 13.0 Å². The van der Waals surface area contributed by atoms with Crippen LogP contribution in [0.1, 0.15) is 14.4 Å². The average Bonchev–Trinajstić information content (AvgIpc) is 1.87. The highest BCUT2D eigenvalue weighted by Gasteiger charge is 1.90. The van der Waals surface area contributed by atoms with E-state index in [-0.39, 0.29) is 19.8 Å². The molecule has 0 aromatic carbocycles. The van der Waals surface area contributed by atoms with E-state index >= 15 is 0 Å². The molecule has 1 N–H and O–H groups in total. The average molecular weight is 158 g/mol. The predicted molar refractivity (Wildman–Crippen MR) is 44.3 cm³/mol. The number of carbonyl (C=O) groups excluding carboxylic acids is 1. The van der Waals surface area contributed by atoms with Gasteiger partial charge in [0.25, 0.3) is 0 Å². The van der Waals surface area contributed by atoms with E-state index in [4.69, 9.17) is 5.11 Å². The lowest BCUT2D eigenvalue weighted by Gasteiger charge is -1.94. The van der Waals surface area contributed by atoms with E-state index in [1.54, 1.807) is 0 Å². The quantitative estimate of drug-likeness (QED) is 0.387. The lowest BCUT2D eigenvalue weighted by molar-refractivity contribution is -0.136. The van der Waals surface area contributed by atoms with Crippen molar-refractivity contribution >= 4 is 5.97 Å². The van der Waals surface area contributed by atoms with Crippen LogP contribution in [-0.2, 0) is 9.53 Å². The van der Waals surface area contributed by atoms with Gasteiger partial charge < -0.3 is 9.84 Å². The Morgan fingerprint density at radius 2 is 2.27 bits per heavy atom. The van der Waals surface area contributed by atoms with Gasteiger partial charge >= 0.3 is 5.97 Å². The van der Waals surface area contributed by atoms with Crippen LogP contribution >= 0.6 is 0 Å². The summed E-state index contributed by atoms with van der Waals surface area (Å²) in [4.78, 5) is 10.3. The van der Waals surface area contributed by atoms with Crippen molar-refractivity contribution in [3.8, 4) is 0 Å². The maximum Gasteiger partial charge on any atom is 0.330 e. The maximum atomic E-state index is 10.3. The van der Waals surface area contributed by atoms with Crippen LogP contribution in [0.3, 0.4) is 0 Å². The number of aliphatic hydroxyl groups is 1. The highest BCUT2D eigenvalue weighted by molar-refractivity contribution is 5.81. The summed E-state index contributed by atoms with van der Waals surface area (Å²) in [5.74, 6) is -0.352. The summed E-state index contributed by atoms with van der Waals surface area (Å²) < 4.78 is 4.51. The second-order valence-corrected chi connectivity index (χ2v) is 1.68. The van der Waals surface area contributed by atoms with Crippen molar-refractivity contribution in [2.45, 2.75) is 14.4 Å². The second-order valence-electron chi connectivity index (χ2n) is 1.68. The Morgan fingerprint density at radius 1 is 1.73 bits per heavy atom. The highest BCUT2D eigenvalue weighted by atomic mass is 16.5. The smallest absolute Gasteiger partial charge is 0.330 e. The third kappa shape index (κ3) is 8.75. The van der Waals surface area contributed by atoms with Crippen molar-refractivity contribution in [1.29, 1.82) is 0 Å². The van der Waals surface area contributed by atoms with Crippen LogP contribution in [-0.4, -0.2) is 17.7 Å². The zero-order valence-electron chi connectivity index (χ0n) is 5.83. The molecule has 0 rings (SSSR count). The van der Waals surface area contributed by atoms with Crippen LogP contribution in [0.4, 0.5) is 0 Å². The zero-order chi connectivity index (χ0) is 7.98. The van der Waals surface area contributed by atoms with Crippen molar-refractivity contribution in [1.82, 2.24) is 0 Å². The number of carbonyl (C=O) groups is 1. The second kappa shape index (κ2) is 6.86. The van der Waals surface area contributed by atoms with E-state index in [1.165, 1.54) is 13.0 Å². The van der Waals surface area contributed by atoms with E-state index in [0.717, 1.165) is 6.08 Å². The fourth-order valence-electron chi connectivity index (χ4n) is 0.303. The molecule has 0 atom stereocenters. The molecule has 3 heteroatoms. The minimum atomic E-state index is -0.488. The van der Waals surface area contributed by atoms with E-state index in [9.17, 15) is 4.79 Å². The molecule has 0 aliphatic rings. The molecule has 11 heavy (non-hydrogen) atoms. The molecule has 0 saturated heterocycles. The number of hydrogen-bond acceptors (Lipinski definition) is 3. The Morgan fingerprint density at radius 3 is 2.64 bits per heavy atom. The van der Waals surface area contributed by atoms with Crippen LogP contribution in [0.5, 0.6) is 0 Å². The van der Waals surface area contributed by atoms with Gasteiger partial charge in [-0.25, -0.2) is 4.79 Å². The third-order valence-electron chi connectivity index (χ3n) is 0.771. The Bertz CT molecular complexity index is 155. The van der Waals surface area contributed by atoms with Crippen LogP contribution < -0.4 is 0 Å². The molecule has 3 nitrogen and oxygen atoms in total. The highest BCUT2D eigenvalue weighted by Crippen LogP contribution is 1.85. The summed E-state index contributed by atoms with van der Waals surface area (Å²) in [6.45, 7) is 4.79. The minimum absolute atomic E-state index is 0. The van der Waals surface area contributed by atoms with E-state index < -0.39 is 5.97 Å². The molecule has 0 spiro atoms. The number of aliphatic hydroxyl groups excluding tert-OH is 1. The molecule has 0 amide bonds. The normalized spacial score (nSPS) is 9.73. The zero-order valence-corrected chi connectivity index (χ0v) is 5.83. The van der Waals surface area contributed by atoms with Gasteiger partial charge in [0.2, 0.25) is 0 Å². The molecular formula is C8H14O3. The topological polar surface area (TPSA) is 46.5 Å². The monoisotopic (exact) mass is 158 g/mol. The van der Waals surface area contributed by atoms with Gasteiger partial charge in [-0.3, -0.25) is 0 Å². The molecule has 0 heterocycles. The minimum Gasteiger partial charge on any atom is -0.513 e. The lowest BCUT2D eigenvalue weighted by Crippen LogP contribution is -1.99. The van der Waals surface area contributed by atoms with Crippen molar-refractivity contribution in [3.05, 3.63) is 24.5 Å². The molecule has 0 aromatic rings. The van der Waals surface area contributed by atoms with Gasteiger partial charge in [-0.1, -0.05) is 14.0 Å². The standard InChI is InChI=1S/C7H10O3.CH4/c1-3-7(9)10-5-4-6(2)8;/h3-4,8H,1,5H2,2H3;1H4. The fraction of sp³-hybridized carbons (Fsp3) is 0.375. The van der Waals surface area contributed by atoms with Gasteiger partial charge in [-0.15, -0.1) is 0 Å². The number of esters is 1. The molecule has 0 unspecified atom stereocenters. The van der Waals surface area contributed by atoms with Gasteiger partial charge in [0.1, 0.15) is 6.61 Å². The molecule has 0 saturated carbocycles. The van der Waals surface area contributed by atoms with Crippen molar-refractivity contribution < 1.29 is 14.6 Å². The van der Waals surface area contributed by atoms with Crippen LogP contribution in [0, 0.1) is 0 Å². The first-order valence-corrected chi connectivity index (χ1v) is 2.81. The molecule has 0 bridgehead atoms. The van der Waals surface area contributed by atoms with Crippen LogP contribution in [0.25, 0.3) is 0 Å². The molecular weight excluding hydrogens is 144 g/mol. The fourth-order valence-corrected chi connectivity index (χ4v) is 0.303. The Labute approximate surface area is 67.0 Å². The summed E-state index contributed by atoms with van der Waals surface area (Å²) in [6, 6.07) is 0. The van der Waals surface area contributed by atoms with Gasteiger partial charge in [0, 0.05) is 6.08 Å². The molecule has 0 aliphatic heterocycles. The Kier molecular flexibility index (Phi) is 7.76. The van der Waals surface area contributed by atoms with Crippen LogP contribution in [0.2, 0.25) is 0 Å². The third-order valence-corrected chi connectivity index (χ3v) is 0.771. The maximum absolute atomic E-state index is 10.3. The summed E-state index contributed by atoms with van der Waals surface area (Å²) in [5.41, 5.74) is 0. The molecule has 0 aromatic heterocycles. The molecule has 64 valence electrons. The molecule has 0 radical (unpaired) electrons. The largest absolute Gasteiger partial charge is 0.513 e. The summed E-state index contributed by atoms with van der Waals surface area (Å²) >= 11 is 0. The predicted octanol–water partition coefficient (Wildman–Crippen LogP) is 1.81. The van der Waals surface area contributed by atoms with E-state index in [2.05, 4.69) is 11.3 Å². The van der Waals surface area contributed by atoms with Crippen molar-refractivity contribution in [2.24, 2.45) is 0 Å². The summed E-state index contributed by atoms with van der Waals surface area (Å²) in [6.07, 6.45) is 2.46. The summed E-state index contributed by atoms with van der Waals surface area (Å²) in [7, 11) is 0. The molecule has 0 aliphatic carbocycles. The van der Waals surface area contributed by atoms with E-state index in [1.807, 2.05) is 0 Å². The lowest BCUT2D eigenvalue weighted by atomic mass is 10.5. The van der Waals surface area contributed by atoms with Crippen molar-refractivity contribution in [2.75, 3.05) is 6.61 Å². The number of allylic oxidation sites excluding steroid dienone is 1. The summed E-state index contributed by atoms with van der Waals surface area (Å²) in [5, 5.41) is 8.58. The number of hydrogen-bond donors (Lipinski definition) is 1. The first-order valence-electron chi connectivity index (χ1n) is 2.81. The first kappa shape index (κ1) is 12.4. The van der Waals surface area contributed by atoms with Crippen LogP contribution in [0.15, 0.2) is 24.5 Å². The number of ether oxygens (including phenoxy) is 1. The molecule has 0 fully saturated rings. The Balaban J connectivity index is 0. The number of rotatable bonds is 3. The first-order chi connectivity index (χ1) is 4.66. The Hall–Kier alpha value is -1.25. The van der Waals surface area contributed by atoms with Crippen molar-refractivity contribution in [3.63, 3.8) is 0 Å². The van der Waals surface area contributed by atoms with E-state index in [0.29, 0.717) is 0 Å². The van der Waals surface area contributed by atoms with Gasteiger partial charge in [0.05, 0.1) is 5.76 Å². The van der Waals surface area contributed by atoms with Gasteiger partial charge in [-0.2, -0.15) is 0 Å². The SMILES string of the molecule is C.C=CC(=O)OCC=C(C)O.